The molecule has 1 fully saturated rings. The highest BCUT2D eigenvalue weighted by Crippen LogP contribution is 2.38. The van der Waals surface area contributed by atoms with Gasteiger partial charge >= 0.3 is 0 Å². The fourth-order valence-electron chi connectivity index (χ4n) is 1.77. The van der Waals surface area contributed by atoms with Crippen LogP contribution in [0.25, 0.3) is 6.08 Å². The number of thioether (sulfide) groups is 1. The lowest BCUT2D eigenvalue weighted by molar-refractivity contribution is -0.122. The number of nitrogens with zero attached hydrogens (tertiary/aromatic N) is 1. The van der Waals surface area contributed by atoms with E-state index < -0.39 is 0 Å². The first-order valence-electron chi connectivity index (χ1n) is 5.79. The second-order valence-electron chi connectivity index (χ2n) is 3.97. The molecule has 0 unspecified atom stereocenters. The summed E-state index contributed by atoms with van der Waals surface area (Å²) in [6.45, 7) is 2.03. The van der Waals surface area contributed by atoms with Gasteiger partial charge in [-0.05, 0) is 30.8 Å². The lowest BCUT2D eigenvalue weighted by Gasteiger charge is -2.08. The number of hydrogen-bond donors (Lipinski definition) is 1. The van der Waals surface area contributed by atoms with Crippen molar-refractivity contribution in [1.82, 2.24) is 4.90 Å². The molecule has 1 aromatic rings. The lowest BCUT2D eigenvalue weighted by Crippen LogP contribution is -2.27. The first-order chi connectivity index (χ1) is 9.47. The van der Waals surface area contributed by atoms with Crippen LogP contribution in [-0.4, -0.2) is 34.8 Å². The van der Waals surface area contributed by atoms with Crippen molar-refractivity contribution in [3.05, 3.63) is 27.6 Å². The summed E-state index contributed by atoms with van der Waals surface area (Å²) in [5.41, 5.74) is 0.330. The molecule has 0 aliphatic carbocycles. The number of carbonyl (C=O) groups is 2. The lowest BCUT2D eigenvalue weighted by atomic mass is 10.1. The first-order valence-corrected chi connectivity index (χ1v) is 6.99. The molecule has 20 heavy (non-hydrogen) atoms. The number of ether oxygens (including phenoxy) is 1. The number of aromatic hydroxyl groups is 1. The van der Waals surface area contributed by atoms with Crippen molar-refractivity contribution in [1.29, 1.82) is 0 Å². The molecule has 1 N–H and O–H groups in total. The van der Waals surface area contributed by atoms with Crippen molar-refractivity contribution in [2.45, 2.75) is 6.92 Å². The molecule has 1 saturated heterocycles. The first kappa shape index (κ1) is 14.7. The van der Waals surface area contributed by atoms with Crippen molar-refractivity contribution in [2.75, 3.05) is 13.7 Å². The standard InChI is InChI=1S/C13H12ClNO4S/c1-3-15-12(17)10(20-13(15)18)5-7-4-8(14)6-9(19-2)11(7)16/h4-6,16H,3H2,1-2H3/b10-5+. The number of amides is 2. The average molecular weight is 314 g/mol. The largest absolute Gasteiger partial charge is 0.504 e. The van der Waals surface area contributed by atoms with Crippen LogP contribution in [0, 0.1) is 0 Å². The normalized spacial score (nSPS) is 17.1. The van der Waals surface area contributed by atoms with E-state index in [1.807, 2.05) is 0 Å². The molecule has 5 nitrogen and oxygen atoms in total. The third-order valence-electron chi connectivity index (χ3n) is 2.77. The van der Waals surface area contributed by atoms with Gasteiger partial charge in [0.2, 0.25) is 0 Å². The Labute approximate surface area is 125 Å². The van der Waals surface area contributed by atoms with E-state index in [4.69, 9.17) is 16.3 Å². The van der Waals surface area contributed by atoms with Crippen LogP contribution >= 0.6 is 23.4 Å². The number of methoxy groups -OCH3 is 1. The SMILES string of the molecule is CCN1C(=O)S/C(=C/c2cc(Cl)cc(OC)c2O)C1=O. The van der Waals surface area contributed by atoms with Gasteiger partial charge in [-0.25, -0.2) is 0 Å². The number of phenols is 1. The summed E-state index contributed by atoms with van der Waals surface area (Å²) >= 11 is 6.75. The molecular weight excluding hydrogens is 302 g/mol. The number of phenolic OH excluding ortho intramolecular Hbond substituents is 1. The maximum atomic E-state index is 12.0. The van der Waals surface area contributed by atoms with Crippen molar-refractivity contribution in [3.63, 3.8) is 0 Å². The Bertz CT molecular complexity index is 615. The van der Waals surface area contributed by atoms with Crippen molar-refractivity contribution < 1.29 is 19.4 Å². The molecule has 0 bridgehead atoms. The summed E-state index contributed by atoms with van der Waals surface area (Å²) in [6, 6.07) is 2.96. The Morgan fingerprint density at radius 3 is 2.70 bits per heavy atom. The average Bonchev–Trinajstić information content (AvgIpc) is 2.67. The fourth-order valence-corrected chi connectivity index (χ4v) is 2.88. The predicted octanol–water partition coefficient (Wildman–Crippen LogP) is 3.11. The second-order valence-corrected chi connectivity index (χ2v) is 5.40. The molecule has 1 aliphatic heterocycles. The van der Waals surface area contributed by atoms with E-state index in [9.17, 15) is 14.7 Å². The topological polar surface area (TPSA) is 66.8 Å². The Balaban J connectivity index is 2.44. The highest BCUT2D eigenvalue weighted by molar-refractivity contribution is 8.18. The minimum atomic E-state index is -0.374. The Hall–Kier alpha value is -1.66. The number of likely N-dealkylation sites (N-methyl/N-ethyl adjacent to an activating group) is 1. The summed E-state index contributed by atoms with van der Waals surface area (Å²) in [5, 5.41) is 10.0. The van der Waals surface area contributed by atoms with Crippen LogP contribution in [0.1, 0.15) is 12.5 Å². The maximum Gasteiger partial charge on any atom is 0.293 e. The third-order valence-corrected chi connectivity index (χ3v) is 3.89. The molecule has 0 saturated carbocycles. The number of hydrogen-bond acceptors (Lipinski definition) is 5. The second kappa shape index (κ2) is 5.76. The predicted molar refractivity (Wildman–Crippen MR) is 78.0 cm³/mol. The number of rotatable bonds is 3. The molecule has 106 valence electrons. The molecule has 2 amide bonds. The Morgan fingerprint density at radius 1 is 1.45 bits per heavy atom. The number of benzene rings is 1. The van der Waals surface area contributed by atoms with Gasteiger partial charge in [0, 0.05) is 23.2 Å². The molecule has 0 spiro atoms. The maximum absolute atomic E-state index is 12.0. The molecular formula is C13H12ClNO4S. The highest BCUT2D eigenvalue weighted by Gasteiger charge is 2.33. The number of imide groups is 1. The number of halogens is 1. The van der Waals surface area contributed by atoms with Gasteiger partial charge in [-0.3, -0.25) is 14.5 Å². The van der Waals surface area contributed by atoms with Gasteiger partial charge in [0.15, 0.2) is 11.5 Å². The van der Waals surface area contributed by atoms with E-state index in [0.29, 0.717) is 17.1 Å². The third kappa shape index (κ3) is 2.62. The van der Waals surface area contributed by atoms with Gasteiger partial charge in [0.05, 0.1) is 12.0 Å². The van der Waals surface area contributed by atoms with Crippen LogP contribution in [0.3, 0.4) is 0 Å². The minimum Gasteiger partial charge on any atom is -0.504 e. The van der Waals surface area contributed by atoms with Gasteiger partial charge in [0.25, 0.3) is 11.1 Å². The van der Waals surface area contributed by atoms with Crippen LogP contribution in [0.2, 0.25) is 5.02 Å². The fraction of sp³-hybridized carbons (Fsp3) is 0.231. The summed E-state index contributed by atoms with van der Waals surface area (Å²) in [4.78, 5) is 25.0. The Kier molecular flexibility index (Phi) is 4.25. The molecule has 1 aromatic carbocycles. The zero-order chi connectivity index (χ0) is 14.9. The summed E-state index contributed by atoms with van der Waals surface area (Å²) < 4.78 is 4.99. The zero-order valence-corrected chi connectivity index (χ0v) is 12.4. The molecule has 2 rings (SSSR count). The quantitative estimate of drug-likeness (QED) is 0.868. The Morgan fingerprint density at radius 2 is 2.15 bits per heavy atom. The summed E-state index contributed by atoms with van der Waals surface area (Å²) in [5.74, 6) is -0.292. The number of carbonyl (C=O) groups excluding carboxylic acids is 2. The molecule has 1 heterocycles. The minimum absolute atomic E-state index is 0.125. The molecule has 7 heteroatoms. The van der Waals surface area contributed by atoms with Crippen molar-refractivity contribution >= 4 is 40.6 Å². The molecule has 0 atom stereocenters. The van der Waals surface area contributed by atoms with E-state index in [-0.39, 0.29) is 27.6 Å². The van der Waals surface area contributed by atoms with Gasteiger partial charge in [-0.2, -0.15) is 0 Å². The van der Waals surface area contributed by atoms with Crippen LogP contribution < -0.4 is 4.74 Å². The van der Waals surface area contributed by atoms with E-state index in [1.54, 1.807) is 6.92 Å². The molecule has 1 aliphatic rings. The molecule has 0 radical (unpaired) electrons. The van der Waals surface area contributed by atoms with Crippen molar-refractivity contribution in [2.24, 2.45) is 0 Å². The van der Waals surface area contributed by atoms with Crippen LogP contribution in [-0.2, 0) is 4.79 Å². The van der Waals surface area contributed by atoms with Gasteiger partial charge < -0.3 is 9.84 Å². The van der Waals surface area contributed by atoms with Crippen LogP contribution in [0.15, 0.2) is 17.0 Å². The van der Waals surface area contributed by atoms with Gasteiger partial charge in [-0.15, -0.1) is 0 Å². The van der Waals surface area contributed by atoms with Crippen LogP contribution in [0.5, 0.6) is 11.5 Å². The van der Waals surface area contributed by atoms with Gasteiger partial charge in [-0.1, -0.05) is 11.6 Å². The van der Waals surface area contributed by atoms with E-state index >= 15 is 0 Å². The van der Waals surface area contributed by atoms with Gasteiger partial charge in [0.1, 0.15) is 0 Å². The van der Waals surface area contributed by atoms with Crippen LogP contribution in [0.4, 0.5) is 4.79 Å². The zero-order valence-electron chi connectivity index (χ0n) is 10.8. The van der Waals surface area contributed by atoms with E-state index in [2.05, 4.69) is 0 Å². The highest BCUT2D eigenvalue weighted by atomic mass is 35.5. The summed E-state index contributed by atoms with van der Waals surface area (Å²) in [6.07, 6.45) is 1.43. The summed E-state index contributed by atoms with van der Waals surface area (Å²) in [7, 11) is 1.40. The van der Waals surface area contributed by atoms with E-state index in [0.717, 1.165) is 16.7 Å². The molecule has 0 aromatic heterocycles. The monoisotopic (exact) mass is 313 g/mol. The van der Waals surface area contributed by atoms with E-state index in [1.165, 1.54) is 25.3 Å². The smallest absolute Gasteiger partial charge is 0.293 e. The van der Waals surface area contributed by atoms with Crippen molar-refractivity contribution in [3.8, 4) is 11.5 Å².